The maximum atomic E-state index is 14.7. The summed E-state index contributed by atoms with van der Waals surface area (Å²) in [6.07, 6.45) is 5.23. The molecule has 8 nitrogen and oxygen atoms in total. The van der Waals surface area contributed by atoms with Crippen molar-refractivity contribution in [2.45, 2.75) is 69.0 Å². The highest BCUT2D eigenvalue weighted by Crippen LogP contribution is 2.27. The molecule has 48 heavy (non-hydrogen) atoms. The van der Waals surface area contributed by atoms with Crippen molar-refractivity contribution in [2.75, 3.05) is 18.0 Å². The van der Waals surface area contributed by atoms with Gasteiger partial charge in [0.1, 0.15) is 18.3 Å². The summed E-state index contributed by atoms with van der Waals surface area (Å²) in [6.45, 7) is 1.42. The summed E-state index contributed by atoms with van der Waals surface area (Å²) < 4.78 is 34.9. The number of ether oxygens (including phenoxy) is 1. The van der Waals surface area contributed by atoms with Crippen LogP contribution in [0.25, 0.3) is 0 Å². The number of aryl methyl sites for hydroxylation is 1. The van der Waals surface area contributed by atoms with Gasteiger partial charge < -0.3 is 15.0 Å². The van der Waals surface area contributed by atoms with E-state index in [1.54, 1.807) is 48.5 Å². The van der Waals surface area contributed by atoms with Gasteiger partial charge in [0.25, 0.3) is 10.0 Å². The van der Waals surface area contributed by atoms with Gasteiger partial charge in [-0.05, 0) is 79.4 Å². The maximum Gasteiger partial charge on any atom is 0.264 e. The number of nitrogens with one attached hydrogen (secondary N) is 1. The molecule has 1 atom stereocenters. The zero-order valence-corrected chi connectivity index (χ0v) is 28.9. The molecule has 4 aromatic carbocycles. The minimum absolute atomic E-state index is 0.0229. The largest absolute Gasteiger partial charge is 0.497 e. The molecule has 0 radical (unpaired) electrons. The van der Waals surface area contributed by atoms with E-state index >= 15 is 0 Å². The summed E-state index contributed by atoms with van der Waals surface area (Å²) in [5, 5.41) is 3.77. The Balaban J connectivity index is 1.56. The first-order valence-corrected chi connectivity index (χ1v) is 18.1. The zero-order chi connectivity index (χ0) is 34.1. The van der Waals surface area contributed by atoms with Crippen molar-refractivity contribution in [3.8, 4) is 5.75 Å². The third-order valence-corrected chi connectivity index (χ3v) is 10.8. The van der Waals surface area contributed by atoms with Gasteiger partial charge in [-0.2, -0.15) is 0 Å². The molecule has 0 aliphatic heterocycles. The normalized spacial score (nSPS) is 14.1. The fraction of sp³-hybridized carbons (Fsp3) is 0.316. The van der Waals surface area contributed by atoms with Crippen molar-refractivity contribution in [3.63, 3.8) is 0 Å². The number of carbonyl (C=O) groups excluding carboxylic acids is 2. The lowest BCUT2D eigenvalue weighted by atomic mass is 9.94. The summed E-state index contributed by atoms with van der Waals surface area (Å²) in [6, 6.07) is 28.8. The average Bonchev–Trinajstić information content (AvgIpc) is 3.10. The summed E-state index contributed by atoms with van der Waals surface area (Å²) in [4.78, 5) is 30.4. The van der Waals surface area contributed by atoms with E-state index in [1.807, 2.05) is 49.4 Å². The number of nitrogens with zero attached hydrogens (tertiary/aromatic N) is 2. The average molecular weight is 688 g/mol. The van der Waals surface area contributed by atoms with Crippen molar-refractivity contribution in [3.05, 3.63) is 125 Å². The van der Waals surface area contributed by atoms with E-state index in [9.17, 15) is 18.0 Å². The molecule has 2 amide bonds. The number of sulfonamides is 1. The molecule has 5 rings (SSSR count). The molecule has 0 saturated heterocycles. The van der Waals surface area contributed by atoms with Crippen LogP contribution in [0.5, 0.6) is 5.75 Å². The number of carbonyl (C=O) groups is 2. The molecular weight excluding hydrogens is 646 g/mol. The molecule has 4 aromatic rings. The first-order valence-electron chi connectivity index (χ1n) is 16.3. The summed E-state index contributed by atoms with van der Waals surface area (Å²) in [5.41, 5.74) is 2.84. The van der Waals surface area contributed by atoms with Gasteiger partial charge in [0.05, 0.1) is 17.7 Å². The van der Waals surface area contributed by atoms with Crippen molar-refractivity contribution in [2.24, 2.45) is 0 Å². The second kappa shape index (κ2) is 16.2. The lowest BCUT2D eigenvalue weighted by Crippen LogP contribution is -2.55. The van der Waals surface area contributed by atoms with Crippen LogP contribution in [0.4, 0.5) is 5.69 Å². The number of rotatable bonds is 13. The smallest absolute Gasteiger partial charge is 0.264 e. The van der Waals surface area contributed by atoms with Crippen LogP contribution < -0.4 is 14.4 Å². The number of benzene rings is 4. The van der Waals surface area contributed by atoms with E-state index in [4.69, 9.17) is 16.3 Å². The van der Waals surface area contributed by atoms with E-state index in [1.165, 1.54) is 24.1 Å². The maximum absolute atomic E-state index is 14.7. The second-order valence-corrected chi connectivity index (χ2v) is 14.5. The molecule has 1 unspecified atom stereocenters. The minimum Gasteiger partial charge on any atom is -0.497 e. The van der Waals surface area contributed by atoms with Crippen LogP contribution in [0.1, 0.15) is 48.8 Å². The van der Waals surface area contributed by atoms with Crippen LogP contribution in [-0.4, -0.2) is 50.9 Å². The highest BCUT2D eigenvalue weighted by atomic mass is 35.5. The first kappa shape index (κ1) is 35.0. The molecule has 0 aromatic heterocycles. The van der Waals surface area contributed by atoms with Gasteiger partial charge in [-0.25, -0.2) is 8.42 Å². The van der Waals surface area contributed by atoms with Crippen LogP contribution in [0.2, 0.25) is 5.02 Å². The third kappa shape index (κ3) is 8.96. The molecule has 10 heteroatoms. The van der Waals surface area contributed by atoms with Gasteiger partial charge in [0.15, 0.2) is 0 Å². The van der Waals surface area contributed by atoms with E-state index in [-0.39, 0.29) is 29.8 Å². The lowest BCUT2D eigenvalue weighted by Gasteiger charge is -2.35. The summed E-state index contributed by atoms with van der Waals surface area (Å²) in [5.74, 6) is -0.230. The lowest BCUT2D eigenvalue weighted by molar-refractivity contribution is -0.140. The van der Waals surface area contributed by atoms with Gasteiger partial charge >= 0.3 is 0 Å². The number of hydrogen-bond donors (Lipinski definition) is 1. The first-order chi connectivity index (χ1) is 23.1. The second-order valence-electron chi connectivity index (χ2n) is 12.2. The molecule has 1 N–H and O–H groups in total. The van der Waals surface area contributed by atoms with Crippen LogP contribution in [0.15, 0.2) is 108 Å². The molecule has 1 aliphatic rings. The molecule has 0 heterocycles. The van der Waals surface area contributed by atoms with Gasteiger partial charge in [-0.1, -0.05) is 91.0 Å². The standard InChI is InChI=1S/C38H42ClN3O5S/c1-28-13-23-35(24-14-28)48(45,46)42(33-19-21-34(47-2)22-20-33)27-37(43)41(26-30-15-17-31(39)18-16-30)36(25-29-9-5-3-6-10-29)38(44)40-32-11-7-4-8-12-32/h3,5-6,9-10,13-24,32,36H,4,7-8,11-12,25-27H2,1-2H3,(H,40,44). The SMILES string of the molecule is COc1ccc(N(CC(=O)N(Cc2ccc(Cl)cc2)C(Cc2ccccc2)C(=O)NC2CCCCC2)S(=O)(=O)c2ccc(C)cc2)cc1. The highest BCUT2D eigenvalue weighted by Gasteiger charge is 2.35. The van der Waals surface area contributed by atoms with Crippen molar-refractivity contribution < 1.29 is 22.7 Å². The van der Waals surface area contributed by atoms with E-state index in [0.29, 0.717) is 16.5 Å². The van der Waals surface area contributed by atoms with Gasteiger partial charge in [0.2, 0.25) is 11.8 Å². The monoisotopic (exact) mass is 687 g/mol. The Kier molecular flexibility index (Phi) is 11.8. The number of hydrogen-bond acceptors (Lipinski definition) is 5. The van der Waals surface area contributed by atoms with Crippen LogP contribution in [0.3, 0.4) is 0 Å². The van der Waals surface area contributed by atoms with E-state index in [2.05, 4.69) is 5.32 Å². The minimum atomic E-state index is -4.20. The quantitative estimate of drug-likeness (QED) is 0.164. The third-order valence-electron chi connectivity index (χ3n) is 8.74. The Morgan fingerprint density at radius 1 is 0.854 bits per heavy atom. The molecule has 0 spiro atoms. The Bertz CT molecular complexity index is 1760. The van der Waals surface area contributed by atoms with Crippen LogP contribution in [-0.2, 0) is 32.6 Å². The predicted molar refractivity (Wildman–Crippen MR) is 190 cm³/mol. The number of methoxy groups -OCH3 is 1. The van der Waals surface area contributed by atoms with Crippen molar-refractivity contribution >= 4 is 39.1 Å². The number of amides is 2. The Hall–Kier alpha value is -4.34. The fourth-order valence-corrected chi connectivity index (χ4v) is 7.54. The Labute approximate surface area is 288 Å². The molecule has 0 bridgehead atoms. The van der Waals surface area contributed by atoms with Crippen LogP contribution >= 0.6 is 11.6 Å². The zero-order valence-electron chi connectivity index (χ0n) is 27.3. The van der Waals surface area contributed by atoms with Crippen LogP contribution in [0, 0.1) is 6.92 Å². The van der Waals surface area contributed by atoms with E-state index in [0.717, 1.165) is 53.1 Å². The summed E-state index contributed by atoms with van der Waals surface area (Å²) in [7, 11) is -2.67. The topological polar surface area (TPSA) is 96.0 Å². The van der Waals surface area contributed by atoms with Gasteiger partial charge in [-0.3, -0.25) is 13.9 Å². The molecular formula is C38H42ClN3O5S. The summed E-state index contributed by atoms with van der Waals surface area (Å²) >= 11 is 6.19. The van der Waals surface area contributed by atoms with Gasteiger partial charge in [0, 0.05) is 24.0 Å². The molecule has 1 aliphatic carbocycles. The number of halogens is 1. The van der Waals surface area contributed by atoms with Crippen molar-refractivity contribution in [1.29, 1.82) is 0 Å². The van der Waals surface area contributed by atoms with Crippen molar-refractivity contribution in [1.82, 2.24) is 10.2 Å². The van der Waals surface area contributed by atoms with E-state index < -0.39 is 28.5 Å². The Morgan fingerprint density at radius 2 is 1.50 bits per heavy atom. The van der Waals surface area contributed by atoms with Gasteiger partial charge in [-0.15, -0.1) is 0 Å². The molecule has 1 fully saturated rings. The molecule has 1 saturated carbocycles. The fourth-order valence-electron chi connectivity index (χ4n) is 6.00. The Morgan fingerprint density at radius 3 is 2.12 bits per heavy atom. The molecule has 252 valence electrons. The number of anilines is 1. The predicted octanol–water partition coefficient (Wildman–Crippen LogP) is 6.94. The highest BCUT2D eigenvalue weighted by molar-refractivity contribution is 7.92.